The fraction of sp³-hybridized carbons (Fsp3) is 0.250. The van der Waals surface area contributed by atoms with E-state index in [0.29, 0.717) is 0 Å². The molecule has 0 saturated heterocycles. The maximum Gasteiger partial charge on any atom is 0.266 e. The highest BCUT2D eigenvalue weighted by Gasteiger charge is 2.14. The van der Waals surface area contributed by atoms with Gasteiger partial charge in [-0.25, -0.2) is 8.78 Å². The van der Waals surface area contributed by atoms with Gasteiger partial charge in [0.1, 0.15) is 0 Å². The molecule has 0 amide bonds. The van der Waals surface area contributed by atoms with E-state index in [4.69, 9.17) is 5.26 Å². The van der Waals surface area contributed by atoms with Crippen LogP contribution >= 0.6 is 22.6 Å². The summed E-state index contributed by atoms with van der Waals surface area (Å²) in [6, 6.07) is 2.82. The number of nitriles is 1. The number of nitrogens with zero attached hydrogens (tertiary/aromatic N) is 1. The van der Waals surface area contributed by atoms with Crippen LogP contribution in [-0.4, -0.2) is 4.98 Å². The average Bonchev–Trinajstić information content (AvgIpc) is 2.09. The van der Waals surface area contributed by atoms with E-state index in [0.717, 1.165) is 6.07 Å². The first kappa shape index (κ1) is 11.1. The smallest absolute Gasteiger partial charge is 0.266 e. The van der Waals surface area contributed by atoms with Crippen molar-refractivity contribution in [1.82, 2.24) is 4.98 Å². The molecule has 1 aromatic heterocycles. The molecule has 0 aliphatic rings. The van der Waals surface area contributed by atoms with Crippen LogP contribution in [0.1, 0.15) is 17.6 Å². The first-order valence-corrected chi connectivity index (χ1v) is 4.71. The Morgan fingerprint density at radius 2 is 2.29 bits per heavy atom. The fourth-order valence-electron chi connectivity index (χ4n) is 0.944. The Morgan fingerprint density at radius 3 is 2.79 bits per heavy atom. The molecule has 6 heteroatoms. The van der Waals surface area contributed by atoms with Gasteiger partial charge in [0.15, 0.2) is 0 Å². The van der Waals surface area contributed by atoms with Gasteiger partial charge in [0.2, 0.25) is 0 Å². The predicted molar refractivity (Wildman–Crippen MR) is 54.1 cm³/mol. The zero-order chi connectivity index (χ0) is 10.7. The van der Waals surface area contributed by atoms with Crippen LogP contribution in [0.15, 0.2) is 10.9 Å². The van der Waals surface area contributed by atoms with Crippen LogP contribution in [-0.2, 0) is 6.42 Å². The van der Waals surface area contributed by atoms with Crippen molar-refractivity contribution in [3.05, 3.63) is 31.2 Å². The van der Waals surface area contributed by atoms with E-state index in [2.05, 4.69) is 4.98 Å². The summed E-state index contributed by atoms with van der Waals surface area (Å²) in [7, 11) is 0. The Balaban J connectivity index is 3.29. The van der Waals surface area contributed by atoms with Crippen molar-refractivity contribution in [2.45, 2.75) is 12.8 Å². The summed E-state index contributed by atoms with van der Waals surface area (Å²) < 4.78 is 24.9. The lowest BCUT2D eigenvalue weighted by atomic mass is 10.1. The van der Waals surface area contributed by atoms with E-state index in [1.165, 1.54) is 0 Å². The molecule has 14 heavy (non-hydrogen) atoms. The first-order valence-electron chi connectivity index (χ1n) is 3.63. The lowest BCUT2D eigenvalue weighted by Gasteiger charge is -2.03. The van der Waals surface area contributed by atoms with Crippen molar-refractivity contribution in [2.75, 3.05) is 0 Å². The van der Waals surface area contributed by atoms with Crippen LogP contribution in [0.25, 0.3) is 0 Å². The molecule has 0 aromatic carbocycles. The van der Waals surface area contributed by atoms with E-state index in [1.54, 1.807) is 28.7 Å². The number of pyridine rings is 1. The molecule has 0 aliphatic carbocycles. The van der Waals surface area contributed by atoms with Gasteiger partial charge < -0.3 is 4.98 Å². The number of hydrogen-bond acceptors (Lipinski definition) is 2. The van der Waals surface area contributed by atoms with Gasteiger partial charge in [0, 0.05) is 11.1 Å². The molecule has 0 spiro atoms. The molecule has 1 N–H and O–H groups in total. The lowest BCUT2D eigenvalue weighted by molar-refractivity contribution is 0.149. The minimum atomic E-state index is -2.64. The largest absolute Gasteiger partial charge is 0.317 e. The van der Waals surface area contributed by atoms with Crippen LogP contribution in [0.2, 0.25) is 0 Å². The third-order valence-corrected chi connectivity index (χ3v) is 2.50. The maximum atomic E-state index is 12.4. The summed E-state index contributed by atoms with van der Waals surface area (Å²) in [5, 5.41) is 8.35. The Kier molecular flexibility index (Phi) is 3.57. The molecule has 0 fully saturated rings. The highest BCUT2D eigenvalue weighted by atomic mass is 127. The second-order valence-corrected chi connectivity index (χ2v) is 3.61. The summed E-state index contributed by atoms with van der Waals surface area (Å²) in [5.41, 5.74) is -0.654. The van der Waals surface area contributed by atoms with Gasteiger partial charge in [-0.2, -0.15) is 5.26 Å². The molecule has 1 rings (SSSR count). The summed E-state index contributed by atoms with van der Waals surface area (Å²) in [6.45, 7) is 0. The average molecular weight is 310 g/mol. The van der Waals surface area contributed by atoms with Crippen LogP contribution in [0.4, 0.5) is 8.78 Å². The number of nitrogens with one attached hydrogen (secondary N) is 1. The van der Waals surface area contributed by atoms with Crippen molar-refractivity contribution < 1.29 is 8.78 Å². The van der Waals surface area contributed by atoms with Gasteiger partial charge in [-0.1, -0.05) is 0 Å². The van der Waals surface area contributed by atoms with Gasteiger partial charge in [-0.15, -0.1) is 0 Å². The molecule has 74 valence electrons. The number of halogens is 3. The van der Waals surface area contributed by atoms with Crippen LogP contribution in [0.3, 0.4) is 0 Å². The van der Waals surface area contributed by atoms with Gasteiger partial charge in [0.25, 0.3) is 12.0 Å². The topological polar surface area (TPSA) is 56.6 Å². The predicted octanol–water partition coefficient (Wildman–Crippen LogP) is 1.98. The monoisotopic (exact) mass is 310 g/mol. The molecule has 0 saturated carbocycles. The van der Waals surface area contributed by atoms with Crippen molar-refractivity contribution in [3.8, 4) is 6.07 Å². The van der Waals surface area contributed by atoms with Crippen molar-refractivity contribution in [1.29, 1.82) is 5.26 Å². The van der Waals surface area contributed by atoms with Crippen LogP contribution in [0, 0.1) is 15.0 Å². The molecule has 3 nitrogen and oxygen atoms in total. The van der Waals surface area contributed by atoms with Gasteiger partial charge in [-0.05, 0) is 28.7 Å². The van der Waals surface area contributed by atoms with Crippen molar-refractivity contribution in [2.24, 2.45) is 0 Å². The maximum absolute atomic E-state index is 12.4. The van der Waals surface area contributed by atoms with Gasteiger partial charge in [-0.3, -0.25) is 4.79 Å². The van der Waals surface area contributed by atoms with Crippen LogP contribution in [0.5, 0.6) is 0 Å². The summed E-state index contributed by atoms with van der Waals surface area (Å²) in [6.07, 6.45) is -2.80. The zero-order valence-electron chi connectivity index (χ0n) is 6.85. The summed E-state index contributed by atoms with van der Waals surface area (Å²) >= 11 is 1.63. The molecular weight excluding hydrogens is 305 g/mol. The number of rotatable bonds is 2. The van der Waals surface area contributed by atoms with Gasteiger partial charge in [0.05, 0.1) is 16.2 Å². The quantitative estimate of drug-likeness (QED) is 0.671. The molecule has 0 bridgehead atoms. The minimum Gasteiger partial charge on any atom is -0.317 e. The second-order valence-electron chi connectivity index (χ2n) is 2.53. The highest BCUT2D eigenvalue weighted by molar-refractivity contribution is 14.1. The SMILES string of the molecule is N#CCc1cc(C(F)F)c(I)[nH]c1=O. The minimum absolute atomic E-state index is 0.0724. The number of hydrogen-bond donors (Lipinski definition) is 1. The molecule has 0 aliphatic heterocycles. The first-order chi connectivity index (χ1) is 6.56. The second kappa shape index (κ2) is 4.50. The van der Waals surface area contributed by atoms with Crippen molar-refractivity contribution >= 4 is 22.6 Å². The fourth-order valence-corrected chi connectivity index (χ4v) is 1.58. The number of aromatic amines is 1. The normalized spacial score (nSPS) is 10.2. The highest BCUT2D eigenvalue weighted by Crippen LogP contribution is 2.22. The molecule has 1 heterocycles. The standard InChI is InChI=1S/C8H5F2IN2O/c9-6(10)5-3-4(1-2-12)8(14)13-7(5)11/h3,6H,1H2,(H,13,14). The number of aromatic nitrogens is 1. The molecule has 1 aromatic rings. The third kappa shape index (κ3) is 2.29. The summed E-state index contributed by atoms with van der Waals surface area (Å²) in [5.74, 6) is 0. The van der Waals surface area contributed by atoms with E-state index in [9.17, 15) is 13.6 Å². The van der Waals surface area contributed by atoms with E-state index in [1.807, 2.05) is 0 Å². The Morgan fingerprint density at radius 1 is 1.64 bits per heavy atom. The van der Waals surface area contributed by atoms with E-state index in [-0.39, 0.29) is 21.2 Å². The molecule has 0 atom stereocenters. The lowest BCUT2D eigenvalue weighted by Crippen LogP contribution is -2.15. The Bertz CT molecular complexity index is 436. The van der Waals surface area contributed by atoms with Gasteiger partial charge >= 0.3 is 0 Å². The van der Waals surface area contributed by atoms with E-state index < -0.39 is 12.0 Å². The van der Waals surface area contributed by atoms with Crippen LogP contribution < -0.4 is 5.56 Å². The number of H-pyrrole nitrogens is 1. The Labute approximate surface area is 91.9 Å². The zero-order valence-corrected chi connectivity index (χ0v) is 9.01. The molecule has 0 radical (unpaired) electrons. The summed E-state index contributed by atoms with van der Waals surface area (Å²) in [4.78, 5) is 13.4. The third-order valence-electron chi connectivity index (χ3n) is 1.60. The molecular formula is C8H5F2IN2O. The molecule has 0 unspecified atom stereocenters. The Hall–Kier alpha value is -0.970. The number of alkyl halides is 2. The van der Waals surface area contributed by atoms with E-state index >= 15 is 0 Å². The van der Waals surface area contributed by atoms with Crippen molar-refractivity contribution in [3.63, 3.8) is 0 Å².